The van der Waals surface area contributed by atoms with E-state index in [9.17, 15) is 0 Å². The molecule has 98 valence electrons. The number of benzene rings is 1. The molecule has 2 aromatic rings. The van der Waals surface area contributed by atoms with E-state index in [0.29, 0.717) is 11.1 Å². The molecule has 0 radical (unpaired) electrons. The van der Waals surface area contributed by atoms with E-state index in [-0.39, 0.29) is 0 Å². The first-order valence-electron chi connectivity index (χ1n) is 6.38. The number of pyridine rings is 1. The molecule has 3 nitrogen and oxygen atoms in total. The molecular weight excluding hydrogens is 260 g/mol. The zero-order valence-electron chi connectivity index (χ0n) is 10.5. The lowest BCUT2D eigenvalue weighted by molar-refractivity contribution is 0.252. The Morgan fingerprint density at radius 1 is 1.32 bits per heavy atom. The minimum absolute atomic E-state index is 0.314. The summed E-state index contributed by atoms with van der Waals surface area (Å²) in [6, 6.07) is 10.4. The van der Waals surface area contributed by atoms with Crippen molar-refractivity contribution >= 4 is 11.6 Å². The van der Waals surface area contributed by atoms with Crippen LogP contribution in [0.15, 0.2) is 42.7 Å². The normalized spacial score (nSPS) is 17.6. The third-order valence-corrected chi connectivity index (χ3v) is 3.69. The lowest BCUT2D eigenvalue weighted by atomic mass is 10.0. The Bertz CT molecular complexity index is 574. The van der Waals surface area contributed by atoms with Gasteiger partial charge in [0.05, 0.1) is 11.6 Å². The SMILES string of the molecule is Clc1cnccc1CNC1CCOc2ccccc21. The van der Waals surface area contributed by atoms with Crippen LogP contribution in [0, 0.1) is 0 Å². The number of para-hydroxylation sites is 1. The maximum Gasteiger partial charge on any atom is 0.124 e. The highest BCUT2D eigenvalue weighted by Crippen LogP contribution is 2.31. The van der Waals surface area contributed by atoms with E-state index >= 15 is 0 Å². The first-order valence-corrected chi connectivity index (χ1v) is 6.76. The van der Waals surface area contributed by atoms with Crippen LogP contribution in [0.1, 0.15) is 23.6 Å². The fourth-order valence-electron chi connectivity index (χ4n) is 2.33. The van der Waals surface area contributed by atoms with Crippen molar-refractivity contribution in [3.05, 3.63) is 58.9 Å². The summed E-state index contributed by atoms with van der Waals surface area (Å²) in [6.45, 7) is 1.49. The molecule has 0 bridgehead atoms. The molecular formula is C15H15ClN2O. The van der Waals surface area contributed by atoms with Gasteiger partial charge in [0.2, 0.25) is 0 Å². The standard InChI is InChI=1S/C15H15ClN2O/c16-13-10-17-7-5-11(13)9-18-14-6-8-19-15-4-2-1-3-12(14)15/h1-5,7,10,14,18H,6,8-9H2. The van der Waals surface area contributed by atoms with Crippen LogP contribution in [0.2, 0.25) is 5.02 Å². The Kier molecular flexibility index (Phi) is 3.67. The molecule has 0 aliphatic carbocycles. The molecule has 2 heterocycles. The van der Waals surface area contributed by atoms with E-state index in [1.165, 1.54) is 5.56 Å². The summed E-state index contributed by atoms with van der Waals surface area (Å²) in [4.78, 5) is 4.00. The second-order valence-corrected chi connectivity index (χ2v) is 4.98. The third kappa shape index (κ3) is 2.72. The minimum Gasteiger partial charge on any atom is -0.493 e. The van der Waals surface area contributed by atoms with Crippen LogP contribution in [0.25, 0.3) is 0 Å². The maximum absolute atomic E-state index is 6.11. The molecule has 4 heteroatoms. The van der Waals surface area contributed by atoms with Gasteiger partial charge in [-0.05, 0) is 17.7 Å². The summed E-state index contributed by atoms with van der Waals surface area (Å²) in [5.41, 5.74) is 2.29. The molecule has 1 unspecified atom stereocenters. The number of rotatable bonds is 3. The number of hydrogen-bond donors (Lipinski definition) is 1. The molecule has 1 aliphatic rings. The molecule has 0 spiro atoms. The van der Waals surface area contributed by atoms with Crippen molar-refractivity contribution in [1.29, 1.82) is 0 Å². The van der Waals surface area contributed by atoms with Gasteiger partial charge in [0.1, 0.15) is 5.75 Å². The monoisotopic (exact) mass is 274 g/mol. The maximum atomic E-state index is 6.11. The first-order chi connectivity index (χ1) is 9.34. The smallest absolute Gasteiger partial charge is 0.124 e. The van der Waals surface area contributed by atoms with Crippen molar-refractivity contribution in [3.63, 3.8) is 0 Å². The largest absolute Gasteiger partial charge is 0.493 e. The first kappa shape index (κ1) is 12.5. The van der Waals surface area contributed by atoms with Gasteiger partial charge in [-0.15, -0.1) is 0 Å². The van der Waals surface area contributed by atoms with Crippen molar-refractivity contribution in [2.24, 2.45) is 0 Å². The van der Waals surface area contributed by atoms with E-state index in [2.05, 4.69) is 16.4 Å². The van der Waals surface area contributed by atoms with Gasteiger partial charge >= 0.3 is 0 Å². The van der Waals surface area contributed by atoms with Gasteiger partial charge in [-0.2, -0.15) is 0 Å². The highest BCUT2D eigenvalue weighted by Gasteiger charge is 2.20. The average Bonchev–Trinajstić information content (AvgIpc) is 2.46. The van der Waals surface area contributed by atoms with Crippen molar-refractivity contribution in [3.8, 4) is 5.75 Å². The van der Waals surface area contributed by atoms with Crippen LogP contribution in [-0.2, 0) is 6.54 Å². The van der Waals surface area contributed by atoms with Gasteiger partial charge < -0.3 is 10.1 Å². The van der Waals surface area contributed by atoms with Crippen molar-refractivity contribution in [2.45, 2.75) is 19.0 Å². The molecule has 1 aromatic heterocycles. The Morgan fingerprint density at radius 2 is 2.21 bits per heavy atom. The summed E-state index contributed by atoms with van der Waals surface area (Å²) < 4.78 is 5.65. The number of ether oxygens (including phenoxy) is 1. The lowest BCUT2D eigenvalue weighted by Crippen LogP contribution is -2.26. The summed E-state index contributed by atoms with van der Waals surface area (Å²) in [5, 5.41) is 4.25. The van der Waals surface area contributed by atoms with Gasteiger partial charge in [-0.1, -0.05) is 29.8 Å². The highest BCUT2D eigenvalue weighted by molar-refractivity contribution is 6.31. The molecule has 3 rings (SSSR count). The fourth-order valence-corrected chi connectivity index (χ4v) is 2.52. The van der Waals surface area contributed by atoms with Gasteiger partial charge in [-0.3, -0.25) is 4.98 Å². The zero-order chi connectivity index (χ0) is 13.1. The molecule has 1 aliphatic heterocycles. The second-order valence-electron chi connectivity index (χ2n) is 4.58. The van der Waals surface area contributed by atoms with E-state index in [4.69, 9.17) is 16.3 Å². The Balaban J connectivity index is 1.73. The fraction of sp³-hybridized carbons (Fsp3) is 0.267. The number of halogens is 1. The van der Waals surface area contributed by atoms with E-state index in [0.717, 1.165) is 30.9 Å². The van der Waals surface area contributed by atoms with Crippen molar-refractivity contribution in [2.75, 3.05) is 6.61 Å². The summed E-state index contributed by atoms with van der Waals surface area (Å²) in [5.74, 6) is 0.979. The van der Waals surface area contributed by atoms with E-state index < -0.39 is 0 Å². The Hall–Kier alpha value is -1.58. The van der Waals surface area contributed by atoms with Gasteiger partial charge in [0.25, 0.3) is 0 Å². The predicted molar refractivity (Wildman–Crippen MR) is 75.4 cm³/mol. The summed E-state index contributed by atoms with van der Waals surface area (Å²) >= 11 is 6.11. The zero-order valence-corrected chi connectivity index (χ0v) is 11.2. The highest BCUT2D eigenvalue weighted by atomic mass is 35.5. The molecule has 1 N–H and O–H groups in total. The number of nitrogens with one attached hydrogen (secondary N) is 1. The minimum atomic E-state index is 0.314. The van der Waals surface area contributed by atoms with Crippen LogP contribution in [0.3, 0.4) is 0 Å². The van der Waals surface area contributed by atoms with Crippen LogP contribution >= 0.6 is 11.6 Å². The molecule has 1 atom stereocenters. The van der Waals surface area contributed by atoms with Crippen LogP contribution < -0.4 is 10.1 Å². The summed E-state index contributed by atoms with van der Waals surface area (Å²) in [7, 11) is 0. The van der Waals surface area contributed by atoms with Gasteiger partial charge in [0, 0.05) is 37.0 Å². The summed E-state index contributed by atoms with van der Waals surface area (Å²) in [6.07, 6.45) is 4.41. The van der Waals surface area contributed by atoms with Crippen LogP contribution in [-0.4, -0.2) is 11.6 Å². The van der Waals surface area contributed by atoms with Gasteiger partial charge in [-0.25, -0.2) is 0 Å². The molecule has 1 aromatic carbocycles. The molecule has 0 saturated carbocycles. The number of hydrogen-bond acceptors (Lipinski definition) is 3. The van der Waals surface area contributed by atoms with E-state index in [1.54, 1.807) is 12.4 Å². The number of fused-ring (bicyclic) bond motifs is 1. The second kappa shape index (κ2) is 5.59. The quantitative estimate of drug-likeness (QED) is 0.932. The van der Waals surface area contributed by atoms with Crippen molar-refractivity contribution < 1.29 is 4.74 Å². The topological polar surface area (TPSA) is 34.2 Å². The number of nitrogens with zero attached hydrogens (tertiary/aromatic N) is 1. The Morgan fingerprint density at radius 3 is 3.11 bits per heavy atom. The predicted octanol–water partition coefficient (Wildman–Crippen LogP) is 3.35. The molecule has 0 saturated heterocycles. The van der Waals surface area contributed by atoms with E-state index in [1.807, 2.05) is 24.3 Å². The molecule has 0 amide bonds. The average molecular weight is 275 g/mol. The Labute approximate surface area is 117 Å². The number of aromatic nitrogens is 1. The third-order valence-electron chi connectivity index (χ3n) is 3.35. The van der Waals surface area contributed by atoms with Gasteiger partial charge in [0.15, 0.2) is 0 Å². The van der Waals surface area contributed by atoms with Crippen LogP contribution in [0.4, 0.5) is 0 Å². The lowest BCUT2D eigenvalue weighted by Gasteiger charge is -2.26. The molecule has 19 heavy (non-hydrogen) atoms. The van der Waals surface area contributed by atoms with Crippen LogP contribution in [0.5, 0.6) is 5.75 Å². The van der Waals surface area contributed by atoms with Crippen molar-refractivity contribution in [1.82, 2.24) is 10.3 Å². The molecule has 0 fully saturated rings.